The monoisotopic (exact) mass is 430 g/mol. The van der Waals surface area contributed by atoms with Gasteiger partial charge in [-0.05, 0) is 36.9 Å². The quantitative estimate of drug-likeness (QED) is 0.669. The molecule has 0 saturated carbocycles. The highest BCUT2D eigenvalue weighted by atomic mass is 32.1. The first-order chi connectivity index (χ1) is 14.5. The zero-order chi connectivity index (χ0) is 21.1. The molecule has 30 heavy (non-hydrogen) atoms. The minimum Gasteiger partial charge on any atom is -0.459 e. The maximum atomic E-state index is 12.6. The molecule has 2 aliphatic heterocycles. The zero-order valence-corrected chi connectivity index (χ0v) is 17.3. The van der Waals surface area contributed by atoms with Gasteiger partial charge in [-0.3, -0.25) is 9.69 Å². The molecule has 158 valence electrons. The van der Waals surface area contributed by atoms with Crippen LogP contribution in [0, 0.1) is 6.92 Å². The van der Waals surface area contributed by atoms with Crippen molar-refractivity contribution in [1.82, 2.24) is 19.4 Å². The van der Waals surface area contributed by atoms with Crippen LogP contribution in [0.2, 0.25) is 0 Å². The summed E-state index contributed by atoms with van der Waals surface area (Å²) in [6.07, 6.45) is 0.618. The Labute approximate surface area is 177 Å². The number of carbonyl (C=O) groups excluding carboxylic acids is 3. The number of rotatable bonds is 5. The van der Waals surface area contributed by atoms with Gasteiger partial charge in [-0.15, -0.1) is 5.10 Å². The van der Waals surface area contributed by atoms with Gasteiger partial charge in [-0.25, -0.2) is 9.59 Å². The Balaban J connectivity index is 1.35. The van der Waals surface area contributed by atoms with E-state index >= 15 is 0 Å². The van der Waals surface area contributed by atoms with Crippen LogP contribution in [-0.2, 0) is 20.9 Å². The smallest absolute Gasteiger partial charge is 0.410 e. The van der Waals surface area contributed by atoms with Gasteiger partial charge in [-0.1, -0.05) is 34.8 Å². The minimum absolute atomic E-state index is 0.0165. The van der Waals surface area contributed by atoms with Gasteiger partial charge in [0.1, 0.15) is 18.1 Å². The SMILES string of the molecule is Cc1nnsc1C(=O)N1CCC(N2C(=O)OC[C@H]2C(=O)OCc2ccccc2)CC1. The van der Waals surface area contributed by atoms with E-state index in [0.717, 1.165) is 17.1 Å². The summed E-state index contributed by atoms with van der Waals surface area (Å²) in [4.78, 5) is 41.3. The van der Waals surface area contributed by atoms with Crippen molar-refractivity contribution in [3.05, 3.63) is 46.5 Å². The van der Waals surface area contributed by atoms with E-state index in [0.29, 0.717) is 36.5 Å². The Hall–Kier alpha value is -3.01. The third-order valence-corrected chi connectivity index (χ3v) is 6.21. The molecule has 2 amide bonds. The van der Waals surface area contributed by atoms with Crippen molar-refractivity contribution < 1.29 is 23.9 Å². The Morgan fingerprint density at radius 2 is 1.97 bits per heavy atom. The molecule has 1 aromatic heterocycles. The van der Waals surface area contributed by atoms with Crippen LogP contribution in [0.25, 0.3) is 0 Å². The van der Waals surface area contributed by atoms with Crippen molar-refractivity contribution in [1.29, 1.82) is 0 Å². The number of carbonyl (C=O) groups is 3. The van der Waals surface area contributed by atoms with E-state index in [1.165, 1.54) is 4.90 Å². The van der Waals surface area contributed by atoms with E-state index < -0.39 is 18.1 Å². The molecule has 2 fully saturated rings. The number of aryl methyl sites for hydroxylation is 1. The van der Waals surface area contributed by atoms with Crippen LogP contribution in [-0.4, -0.2) is 69.1 Å². The van der Waals surface area contributed by atoms with Crippen LogP contribution in [0.4, 0.5) is 4.79 Å². The fourth-order valence-electron chi connectivity index (χ4n) is 3.76. The fraction of sp³-hybridized carbons (Fsp3) is 0.450. The molecule has 9 nitrogen and oxygen atoms in total. The van der Waals surface area contributed by atoms with Crippen LogP contribution in [0.15, 0.2) is 30.3 Å². The molecular weight excluding hydrogens is 408 g/mol. The van der Waals surface area contributed by atoms with Crippen LogP contribution < -0.4 is 0 Å². The molecular formula is C20H22N4O5S. The lowest BCUT2D eigenvalue weighted by molar-refractivity contribution is -0.150. The molecule has 0 aliphatic carbocycles. The van der Waals surface area contributed by atoms with Gasteiger partial charge in [-0.2, -0.15) is 0 Å². The number of hydrogen-bond donors (Lipinski definition) is 0. The van der Waals surface area contributed by atoms with E-state index in [-0.39, 0.29) is 25.2 Å². The Morgan fingerprint density at radius 3 is 2.63 bits per heavy atom. The molecule has 4 rings (SSSR count). The minimum atomic E-state index is -0.763. The van der Waals surface area contributed by atoms with Crippen molar-refractivity contribution in [3.8, 4) is 0 Å². The molecule has 2 aromatic rings. The Kier molecular flexibility index (Phi) is 5.93. The second-order valence-electron chi connectivity index (χ2n) is 7.30. The molecule has 2 saturated heterocycles. The number of aromatic nitrogens is 2. The van der Waals surface area contributed by atoms with E-state index in [4.69, 9.17) is 9.47 Å². The predicted molar refractivity (Wildman–Crippen MR) is 107 cm³/mol. The second kappa shape index (κ2) is 8.78. The van der Waals surface area contributed by atoms with E-state index in [2.05, 4.69) is 9.59 Å². The van der Waals surface area contributed by atoms with Crippen molar-refractivity contribution >= 4 is 29.5 Å². The van der Waals surface area contributed by atoms with Crippen LogP contribution in [0.1, 0.15) is 33.8 Å². The normalized spacial score (nSPS) is 19.6. The summed E-state index contributed by atoms with van der Waals surface area (Å²) < 4.78 is 14.4. The maximum absolute atomic E-state index is 12.6. The average Bonchev–Trinajstić information content (AvgIpc) is 3.38. The first-order valence-corrected chi connectivity index (χ1v) is 10.6. The highest BCUT2D eigenvalue weighted by Gasteiger charge is 2.44. The summed E-state index contributed by atoms with van der Waals surface area (Å²) in [7, 11) is 0. The molecule has 0 radical (unpaired) electrons. The number of benzene rings is 1. The third kappa shape index (κ3) is 4.13. The lowest BCUT2D eigenvalue weighted by Crippen LogP contribution is -2.52. The largest absolute Gasteiger partial charge is 0.459 e. The van der Waals surface area contributed by atoms with Gasteiger partial charge in [0.2, 0.25) is 0 Å². The van der Waals surface area contributed by atoms with E-state index in [1.807, 2.05) is 30.3 Å². The summed E-state index contributed by atoms with van der Waals surface area (Å²) >= 11 is 1.09. The number of piperidine rings is 1. The lowest BCUT2D eigenvalue weighted by Gasteiger charge is -2.37. The van der Waals surface area contributed by atoms with Gasteiger partial charge >= 0.3 is 12.1 Å². The number of ether oxygens (including phenoxy) is 2. The number of cyclic esters (lactones) is 1. The van der Waals surface area contributed by atoms with Gasteiger partial charge in [0, 0.05) is 19.1 Å². The van der Waals surface area contributed by atoms with E-state index in [1.54, 1.807) is 11.8 Å². The maximum Gasteiger partial charge on any atom is 0.410 e. The van der Waals surface area contributed by atoms with Crippen LogP contribution in [0.3, 0.4) is 0 Å². The first-order valence-electron chi connectivity index (χ1n) is 9.78. The van der Waals surface area contributed by atoms with Gasteiger partial charge in [0.05, 0.1) is 5.69 Å². The molecule has 0 spiro atoms. The van der Waals surface area contributed by atoms with Gasteiger partial charge in [0.25, 0.3) is 5.91 Å². The zero-order valence-electron chi connectivity index (χ0n) is 16.5. The number of nitrogens with zero attached hydrogens (tertiary/aromatic N) is 4. The first kappa shape index (κ1) is 20.3. The number of likely N-dealkylation sites (tertiary alicyclic amines) is 1. The van der Waals surface area contributed by atoms with E-state index in [9.17, 15) is 14.4 Å². The van der Waals surface area contributed by atoms with Crippen LogP contribution in [0.5, 0.6) is 0 Å². The molecule has 3 heterocycles. The highest BCUT2D eigenvalue weighted by Crippen LogP contribution is 2.26. The molecule has 1 atom stereocenters. The molecule has 0 unspecified atom stereocenters. The summed E-state index contributed by atoms with van der Waals surface area (Å²) in [5.74, 6) is -0.571. The summed E-state index contributed by atoms with van der Waals surface area (Å²) in [6.45, 7) is 2.85. The number of hydrogen-bond acceptors (Lipinski definition) is 8. The molecule has 2 aliphatic rings. The summed E-state index contributed by atoms with van der Waals surface area (Å²) in [5, 5.41) is 3.89. The topological polar surface area (TPSA) is 102 Å². The Bertz CT molecular complexity index is 926. The highest BCUT2D eigenvalue weighted by molar-refractivity contribution is 7.07. The molecule has 1 aromatic carbocycles. The fourth-order valence-corrected chi connectivity index (χ4v) is 4.39. The van der Waals surface area contributed by atoms with Gasteiger partial charge in [0.15, 0.2) is 6.04 Å². The molecule has 0 bridgehead atoms. The summed E-state index contributed by atoms with van der Waals surface area (Å²) in [6, 6.07) is 8.43. The number of amides is 2. The average molecular weight is 430 g/mol. The predicted octanol–water partition coefficient (Wildman–Crippen LogP) is 2.02. The standard InChI is InChI=1S/C20H22N4O5S/c1-13-17(30-22-21-13)18(25)23-9-7-15(8-10-23)24-16(12-29-20(24)27)19(26)28-11-14-5-3-2-4-6-14/h2-6,15-16H,7-12H2,1H3/t16-/m0/s1. The Morgan fingerprint density at radius 1 is 1.23 bits per heavy atom. The second-order valence-corrected chi connectivity index (χ2v) is 8.06. The lowest BCUT2D eigenvalue weighted by atomic mass is 10.0. The van der Waals surface area contributed by atoms with Crippen LogP contribution >= 0.6 is 11.5 Å². The molecule has 0 N–H and O–H groups in total. The van der Waals surface area contributed by atoms with Crippen molar-refractivity contribution in [2.75, 3.05) is 19.7 Å². The van der Waals surface area contributed by atoms with Crippen molar-refractivity contribution in [2.45, 2.75) is 38.5 Å². The van der Waals surface area contributed by atoms with Crippen molar-refractivity contribution in [2.24, 2.45) is 0 Å². The summed E-state index contributed by atoms with van der Waals surface area (Å²) in [5.41, 5.74) is 1.50. The number of esters is 1. The third-order valence-electron chi connectivity index (χ3n) is 5.40. The van der Waals surface area contributed by atoms with Crippen molar-refractivity contribution in [3.63, 3.8) is 0 Å². The molecule has 10 heteroatoms. The van der Waals surface area contributed by atoms with Gasteiger partial charge < -0.3 is 14.4 Å².